The minimum atomic E-state index is -0.422. The number of aliphatic hydroxyl groups is 1. The molecular formula is C20H20Cl2N2O2. The zero-order valence-electron chi connectivity index (χ0n) is 14.5. The van der Waals surface area contributed by atoms with Crippen molar-refractivity contribution in [2.75, 3.05) is 0 Å². The van der Waals surface area contributed by atoms with Gasteiger partial charge in [-0.15, -0.1) is 0 Å². The summed E-state index contributed by atoms with van der Waals surface area (Å²) in [6, 6.07) is 13.6. The van der Waals surface area contributed by atoms with E-state index in [-0.39, 0.29) is 17.4 Å². The normalized spacial score (nSPS) is 13.4. The Morgan fingerprint density at radius 3 is 2.46 bits per heavy atom. The van der Waals surface area contributed by atoms with Crippen molar-refractivity contribution in [3.8, 4) is 0 Å². The molecule has 0 radical (unpaired) electrons. The number of rotatable bonds is 6. The molecule has 0 saturated carbocycles. The highest BCUT2D eigenvalue weighted by atomic mass is 35.5. The van der Waals surface area contributed by atoms with Crippen LogP contribution in [-0.4, -0.2) is 23.3 Å². The lowest BCUT2D eigenvalue weighted by Crippen LogP contribution is -2.34. The first kappa shape index (κ1) is 20.0. The fourth-order valence-electron chi connectivity index (χ4n) is 2.10. The number of hydrogen-bond donors (Lipinski definition) is 2. The molecule has 2 aromatic rings. The number of amides is 1. The van der Waals surface area contributed by atoms with E-state index in [0.717, 1.165) is 6.42 Å². The number of nitrogens with one attached hydrogen (secondary N) is 1. The van der Waals surface area contributed by atoms with Crippen LogP contribution < -0.4 is 5.32 Å². The van der Waals surface area contributed by atoms with Gasteiger partial charge in [0.05, 0.1) is 10.7 Å². The van der Waals surface area contributed by atoms with Crippen LogP contribution in [0.5, 0.6) is 0 Å². The number of hydrogen-bond acceptors (Lipinski definition) is 3. The minimum absolute atomic E-state index is 0.0355. The van der Waals surface area contributed by atoms with Crippen molar-refractivity contribution < 1.29 is 9.90 Å². The van der Waals surface area contributed by atoms with Gasteiger partial charge in [0.15, 0.2) is 0 Å². The zero-order valence-corrected chi connectivity index (χ0v) is 16.1. The van der Waals surface area contributed by atoms with E-state index in [0.29, 0.717) is 21.3 Å². The highest BCUT2D eigenvalue weighted by molar-refractivity contribution is 6.33. The number of halogens is 2. The molecule has 0 heterocycles. The van der Waals surface area contributed by atoms with E-state index in [1.807, 2.05) is 13.8 Å². The standard InChI is InChI=1S/C20H20Cl2N2O2/c1-3-13(2)24-20(26)17(12-23-15-10-8-14(21)9-11-15)19(25)16-6-4-5-7-18(16)22/h4-13,25H,3H2,1-2H3,(H,24,26)/b19-17+,23-12?. The molecule has 4 nitrogen and oxygen atoms in total. The van der Waals surface area contributed by atoms with Crippen molar-refractivity contribution >= 4 is 46.8 Å². The van der Waals surface area contributed by atoms with Crippen LogP contribution in [0.25, 0.3) is 5.76 Å². The summed E-state index contributed by atoms with van der Waals surface area (Å²) in [6.07, 6.45) is 2.10. The van der Waals surface area contributed by atoms with Gasteiger partial charge in [-0.3, -0.25) is 9.79 Å². The molecule has 0 bridgehead atoms. The molecule has 1 unspecified atom stereocenters. The van der Waals surface area contributed by atoms with Gasteiger partial charge in [0.1, 0.15) is 11.3 Å². The molecule has 0 spiro atoms. The van der Waals surface area contributed by atoms with Crippen LogP contribution >= 0.6 is 23.2 Å². The van der Waals surface area contributed by atoms with Crippen molar-refractivity contribution in [3.63, 3.8) is 0 Å². The lowest BCUT2D eigenvalue weighted by Gasteiger charge is -2.13. The van der Waals surface area contributed by atoms with Gasteiger partial charge in [-0.1, -0.05) is 42.3 Å². The van der Waals surface area contributed by atoms with Crippen molar-refractivity contribution in [2.45, 2.75) is 26.3 Å². The topological polar surface area (TPSA) is 61.7 Å². The number of nitrogens with zero attached hydrogens (tertiary/aromatic N) is 1. The number of benzene rings is 2. The van der Waals surface area contributed by atoms with Gasteiger partial charge < -0.3 is 10.4 Å². The van der Waals surface area contributed by atoms with Gasteiger partial charge in [-0.2, -0.15) is 0 Å². The average Bonchev–Trinajstić information content (AvgIpc) is 2.63. The molecule has 1 atom stereocenters. The maximum absolute atomic E-state index is 12.6. The van der Waals surface area contributed by atoms with Crippen molar-refractivity contribution in [3.05, 3.63) is 69.7 Å². The molecule has 1 amide bonds. The maximum Gasteiger partial charge on any atom is 0.256 e. The van der Waals surface area contributed by atoms with Crippen LogP contribution in [-0.2, 0) is 4.79 Å². The summed E-state index contributed by atoms with van der Waals surface area (Å²) in [5.74, 6) is -0.649. The third-order valence-electron chi connectivity index (χ3n) is 3.79. The largest absolute Gasteiger partial charge is 0.506 e. The Morgan fingerprint density at radius 1 is 1.19 bits per heavy atom. The summed E-state index contributed by atoms with van der Waals surface area (Å²) in [6.45, 7) is 3.85. The summed E-state index contributed by atoms with van der Waals surface area (Å²) >= 11 is 12.0. The first-order chi connectivity index (χ1) is 12.4. The van der Waals surface area contributed by atoms with Crippen molar-refractivity contribution in [2.24, 2.45) is 4.99 Å². The van der Waals surface area contributed by atoms with Crippen LogP contribution in [0.15, 0.2) is 59.1 Å². The molecule has 0 aliphatic heterocycles. The van der Waals surface area contributed by atoms with E-state index in [9.17, 15) is 9.90 Å². The summed E-state index contributed by atoms with van der Waals surface area (Å²) in [5.41, 5.74) is 1.01. The molecule has 0 aliphatic carbocycles. The predicted octanol–water partition coefficient (Wildman–Crippen LogP) is 5.58. The number of carbonyl (C=O) groups excluding carboxylic acids is 1. The van der Waals surface area contributed by atoms with E-state index in [1.54, 1.807) is 48.5 Å². The van der Waals surface area contributed by atoms with E-state index in [1.165, 1.54) is 6.21 Å². The van der Waals surface area contributed by atoms with Crippen LogP contribution in [0.3, 0.4) is 0 Å². The number of carbonyl (C=O) groups is 1. The van der Waals surface area contributed by atoms with Gasteiger partial charge >= 0.3 is 0 Å². The lowest BCUT2D eigenvalue weighted by atomic mass is 10.1. The Hall–Kier alpha value is -2.30. The third kappa shape index (κ3) is 5.35. The third-order valence-corrected chi connectivity index (χ3v) is 4.37. The van der Waals surface area contributed by atoms with Gasteiger partial charge in [0.2, 0.25) is 0 Å². The SMILES string of the molecule is CCC(C)NC(=O)/C(C=Nc1ccc(Cl)cc1)=C(/O)c1ccccc1Cl. The highest BCUT2D eigenvalue weighted by Gasteiger charge is 2.18. The Labute approximate surface area is 163 Å². The second-order valence-electron chi connectivity index (χ2n) is 5.76. The average molecular weight is 391 g/mol. The molecule has 0 fully saturated rings. The smallest absolute Gasteiger partial charge is 0.256 e. The molecule has 136 valence electrons. The molecule has 0 aromatic heterocycles. The summed E-state index contributed by atoms with van der Waals surface area (Å²) in [7, 11) is 0. The zero-order chi connectivity index (χ0) is 19.1. The lowest BCUT2D eigenvalue weighted by molar-refractivity contribution is -0.117. The van der Waals surface area contributed by atoms with E-state index in [4.69, 9.17) is 23.2 Å². The molecule has 2 N–H and O–H groups in total. The van der Waals surface area contributed by atoms with Gasteiger partial charge in [-0.25, -0.2) is 0 Å². The molecule has 26 heavy (non-hydrogen) atoms. The molecule has 6 heteroatoms. The molecule has 2 aromatic carbocycles. The Balaban J connectivity index is 2.44. The Kier molecular flexibility index (Phi) is 7.25. The molecule has 2 rings (SSSR count). The second kappa shape index (κ2) is 9.41. The molecule has 0 aliphatic rings. The van der Waals surface area contributed by atoms with Crippen molar-refractivity contribution in [1.82, 2.24) is 5.32 Å². The summed E-state index contributed by atoms with van der Waals surface area (Å²) in [5, 5.41) is 14.4. The van der Waals surface area contributed by atoms with Gasteiger partial charge in [0.25, 0.3) is 5.91 Å². The Morgan fingerprint density at radius 2 is 1.85 bits per heavy atom. The van der Waals surface area contributed by atoms with Crippen LogP contribution in [0, 0.1) is 0 Å². The van der Waals surface area contributed by atoms with E-state index < -0.39 is 5.91 Å². The van der Waals surface area contributed by atoms with Crippen LogP contribution in [0.2, 0.25) is 10.0 Å². The minimum Gasteiger partial charge on any atom is -0.506 e. The van der Waals surface area contributed by atoms with Gasteiger partial charge in [0, 0.05) is 22.8 Å². The molecular weight excluding hydrogens is 371 g/mol. The first-order valence-electron chi connectivity index (χ1n) is 8.21. The fraction of sp³-hybridized carbons (Fsp3) is 0.200. The summed E-state index contributed by atoms with van der Waals surface area (Å²) in [4.78, 5) is 16.9. The second-order valence-corrected chi connectivity index (χ2v) is 6.60. The highest BCUT2D eigenvalue weighted by Crippen LogP contribution is 2.24. The van der Waals surface area contributed by atoms with Gasteiger partial charge in [-0.05, 0) is 49.7 Å². The van der Waals surface area contributed by atoms with E-state index >= 15 is 0 Å². The van der Waals surface area contributed by atoms with Crippen LogP contribution in [0.4, 0.5) is 5.69 Å². The quantitative estimate of drug-likeness (QED) is 0.384. The first-order valence-corrected chi connectivity index (χ1v) is 8.96. The number of aliphatic imine (C=N–C) groups is 1. The molecule has 0 saturated heterocycles. The predicted molar refractivity (Wildman–Crippen MR) is 109 cm³/mol. The van der Waals surface area contributed by atoms with Crippen LogP contribution in [0.1, 0.15) is 25.8 Å². The fourth-order valence-corrected chi connectivity index (χ4v) is 2.45. The number of aliphatic hydroxyl groups excluding tert-OH is 1. The summed E-state index contributed by atoms with van der Waals surface area (Å²) < 4.78 is 0. The van der Waals surface area contributed by atoms with Crippen molar-refractivity contribution in [1.29, 1.82) is 0 Å². The van der Waals surface area contributed by atoms with E-state index in [2.05, 4.69) is 10.3 Å². The maximum atomic E-state index is 12.6. The monoisotopic (exact) mass is 390 g/mol. The Bertz CT molecular complexity index is 830.